The fourth-order valence-electron chi connectivity index (χ4n) is 3.41. The van der Waals surface area contributed by atoms with Crippen LogP contribution in [-0.2, 0) is 16.2 Å². The molecule has 1 aliphatic rings. The van der Waals surface area contributed by atoms with Crippen LogP contribution >= 0.6 is 34.4 Å². The molecule has 1 fully saturated rings. The van der Waals surface area contributed by atoms with Gasteiger partial charge >= 0.3 is 0 Å². The molecular weight excluding hydrogens is 617 g/mol. The van der Waals surface area contributed by atoms with Crippen LogP contribution in [0.25, 0.3) is 6.08 Å². The molecule has 1 heterocycles. The highest BCUT2D eigenvalue weighted by atomic mass is 127. The number of rotatable bonds is 8. The van der Waals surface area contributed by atoms with Crippen LogP contribution in [0, 0.1) is 15.2 Å². The number of hydrogen-bond donors (Lipinski definition) is 1. The first-order valence-corrected chi connectivity index (χ1v) is 12.7. The Kier molecular flexibility index (Phi) is 8.44. The van der Waals surface area contributed by atoms with E-state index in [4.69, 9.17) is 9.47 Å². The van der Waals surface area contributed by atoms with Gasteiger partial charge in [0.25, 0.3) is 11.1 Å². The van der Waals surface area contributed by atoms with Gasteiger partial charge in [0.15, 0.2) is 11.5 Å². The molecule has 1 aliphatic heterocycles. The number of carbonyl (C=O) groups excluding carboxylic acids is 3. The lowest BCUT2D eigenvalue weighted by molar-refractivity contribution is -0.127. The van der Waals surface area contributed by atoms with Crippen molar-refractivity contribution in [1.29, 1.82) is 0 Å². The molecule has 1 saturated heterocycles. The number of methoxy groups -OCH3 is 1. The molecule has 11 heteroatoms. The maximum absolute atomic E-state index is 13.5. The van der Waals surface area contributed by atoms with Crippen LogP contribution in [0.3, 0.4) is 0 Å². The predicted octanol–water partition coefficient (Wildman–Crippen LogP) is 5.83. The number of hydrogen-bond acceptors (Lipinski definition) is 6. The van der Waals surface area contributed by atoms with Crippen LogP contribution in [0.1, 0.15) is 11.1 Å². The Hall–Kier alpha value is -3.45. The second-order valence-electron chi connectivity index (χ2n) is 7.78. The van der Waals surface area contributed by atoms with Crippen LogP contribution in [0.5, 0.6) is 11.5 Å². The molecule has 0 atom stereocenters. The number of carbonyl (C=O) groups is 3. The van der Waals surface area contributed by atoms with Crippen LogP contribution in [0.4, 0.5) is 19.3 Å². The third-order valence-electron chi connectivity index (χ3n) is 5.13. The van der Waals surface area contributed by atoms with Crippen molar-refractivity contribution < 1.29 is 32.6 Å². The summed E-state index contributed by atoms with van der Waals surface area (Å²) < 4.78 is 38.5. The first kappa shape index (κ1) is 26.6. The number of halogens is 3. The minimum atomic E-state index is -0.607. The van der Waals surface area contributed by atoms with E-state index in [1.807, 2.05) is 0 Å². The minimum Gasteiger partial charge on any atom is -0.493 e. The van der Waals surface area contributed by atoms with Crippen molar-refractivity contribution in [1.82, 2.24) is 4.90 Å². The van der Waals surface area contributed by atoms with Crippen molar-refractivity contribution in [3.8, 4) is 11.5 Å². The van der Waals surface area contributed by atoms with Crippen LogP contribution < -0.4 is 14.8 Å². The third-order valence-corrected chi connectivity index (χ3v) is 6.83. The molecule has 0 aliphatic carbocycles. The topological polar surface area (TPSA) is 84.9 Å². The fourth-order valence-corrected chi connectivity index (χ4v) is 5.03. The summed E-state index contributed by atoms with van der Waals surface area (Å²) in [5.74, 6) is -1.16. The lowest BCUT2D eigenvalue weighted by Gasteiger charge is -2.14. The molecule has 1 N–H and O–H groups in total. The largest absolute Gasteiger partial charge is 0.493 e. The lowest BCUT2D eigenvalue weighted by Crippen LogP contribution is -2.36. The number of ether oxygens (including phenoxy) is 2. The molecular formula is C26H19F2IN2O5S. The standard InChI is InChI=1S/C26H19F2IN2O5S/c1-35-21-11-16(10-20(29)24(21)36-14-15-3-2-4-18(28)9-15)12-22-25(33)31(26(34)37-22)13-23(32)30-19-7-5-17(27)6-8-19/h2-12H,13-14H2,1H3,(H,30,32)/b22-12-. The quantitative estimate of drug-likeness (QED) is 0.248. The van der Waals surface area contributed by atoms with Crippen LogP contribution in [0.2, 0.25) is 0 Å². The summed E-state index contributed by atoms with van der Waals surface area (Å²) in [4.78, 5) is 38.6. The molecule has 190 valence electrons. The maximum Gasteiger partial charge on any atom is 0.294 e. The molecule has 0 unspecified atom stereocenters. The second-order valence-corrected chi connectivity index (χ2v) is 9.93. The summed E-state index contributed by atoms with van der Waals surface area (Å²) in [5, 5.41) is 1.94. The Labute approximate surface area is 229 Å². The Balaban J connectivity index is 1.46. The summed E-state index contributed by atoms with van der Waals surface area (Å²) in [6.07, 6.45) is 1.53. The van der Waals surface area contributed by atoms with Crippen molar-refractivity contribution >= 4 is 63.2 Å². The molecule has 37 heavy (non-hydrogen) atoms. The molecule has 4 rings (SSSR count). The van der Waals surface area contributed by atoms with E-state index in [2.05, 4.69) is 27.9 Å². The van der Waals surface area contributed by atoms with E-state index in [0.29, 0.717) is 31.9 Å². The number of anilines is 1. The zero-order chi connectivity index (χ0) is 26.5. The molecule has 0 aromatic heterocycles. The van der Waals surface area contributed by atoms with Crippen molar-refractivity contribution in [3.63, 3.8) is 0 Å². The van der Waals surface area contributed by atoms with E-state index in [0.717, 1.165) is 16.7 Å². The molecule has 3 aromatic carbocycles. The van der Waals surface area contributed by atoms with E-state index < -0.39 is 29.4 Å². The van der Waals surface area contributed by atoms with E-state index in [-0.39, 0.29) is 17.3 Å². The molecule has 0 bridgehead atoms. The number of benzene rings is 3. The Morgan fingerprint density at radius 1 is 1.08 bits per heavy atom. The number of nitrogens with zero attached hydrogens (tertiary/aromatic N) is 1. The van der Waals surface area contributed by atoms with Crippen molar-refractivity contribution in [3.05, 3.63) is 91.9 Å². The average molecular weight is 636 g/mol. The summed E-state index contributed by atoms with van der Waals surface area (Å²) in [7, 11) is 1.47. The Morgan fingerprint density at radius 3 is 2.54 bits per heavy atom. The minimum absolute atomic E-state index is 0.127. The van der Waals surface area contributed by atoms with Crippen LogP contribution in [0.15, 0.2) is 65.6 Å². The lowest BCUT2D eigenvalue weighted by atomic mass is 10.1. The maximum atomic E-state index is 13.5. The SMILES string of the molecule is COc1cc(/C=C2\SC(=O)N(CC(=O)Nc3ccc(F)cc3)C2=O)cc(I)c1OCc1cccc(F)c1. The van der Waals surface area contributed by atoms with Gasteiger partial charge in [0.05, 0.1) is 15.6 Å². The average Bonchev–Trinajstić information content (AvgIpc) is 3.11. The zero-order valence-corrected chi connectivity index (χ0v) is 22.3. The fraction of sp³-hybridized carbons (Fsp3) is 0.115. The van der Waals surface area contributed by atoms with E-state index >= 15 is 0 Å². The summed E-state index contributed by atoms with van der Waals surface area (Å²) in [5.41, 5.74) is 1.58. The number of imide groups is 1. The van der Waals surface area contributed by atoms with Gasteiger partial charge in [-0.3, -0.25) is 19.3 Å². The van der Waals surface area contributed by atoms with Gasteiger partial charge in [-0.15, -0.1) is 0 Å². The summed E-state index contributed by atoms with van der Waals surface area (Å²) in [6.45, 7) is -0.352. The first-order chi connectivity index (χ1) is 17.7. The monoisotopic (exact) mass is 636 g/mol. The van der Waals surface area contributed by atoms with Gasteiger partial charge in [-0.05, 0) is 100 Å². The molecule has 0 radical (unpaired) electrons. The normalized spacial score (nSPS) is 14.3. The van der Waals surface area contributed by atoms with E-state index in [1.54, 1.807) is 24.3 Å². The van der Waals surface area contributed by atoms with Gasteiger partial charge in [-0.2, -0.15) is 0 Å². The number of nitrogens with one attached hydrogen (secondary N) is 1. The molecule has 7 nitrogen and oxygen atoms in total. The molecule has 3 aromatic rings. The third kappa shape index (κ3) is 6.66. The van der Waals surface area contributed by atoms with Gasteiger partial charge in [0, 0.05) is 5.69 Å². The smallest absolute Gasteiger partial charge is 0.294 e. The molecule has 3 amide bonds. The zero-order valence-electron chi connectivity index (χ0n) is 19.3. The number of thioether (sulfide) groups is 1. The van der Waals surface area contributed by atoms with Crippen molar-refractivity contribution in [2.24, 2.45) is 0 Å². The van der Waals surface area contributed by atoms with Gasteiger partial charge in [0.2, 0.25) is 5.91 Å². The highest BCUT2D eigenvalue weighted by Crippen LogP contribution is 2.37. The van der Waals surface area contributed by atoms with Gasteiger partial charge in [-0.25, -0.2) is 8.78 Å². The number of amides is 3. The van der Waals surface area contributed by atoms with Gasteiger partial charge in [0.1, 0.15) is 24.8 Å². The Morgan fingerprint density at radius 2 is 1.84 bits per heavy atom. The molecule has 0 spiro atoms. The summed E-state index contributed by atoms with van der Waals surface area (Å²) >= 11 is 2.78. The highest BCUT2D eigenvalue weighted by Gasteiger charge is 2.36. The van der Waals surface area contributed by atoms with E-state index in [1.165, 1.54) is 49.6 Å². The summed E-state index contributed by atoms with van der Waals surface area (Å²) in [6, 6.07) is 14.6. The van der Waals surface area contributed by atoms with Crippen LogP contribution in [-0.4, -0.2) is 35.6 Å². The van der Waals surface area contributed by atoms with Crippen molar-refractivity contribution in [2.45, 2.75) is 6.61 Å². The van der Waals surface area contributed by atoms with Gasteiger partial charge < -0.3 is 14.8 Å². The highest BCUT2D eigenvalue weighted by molar-refractivity contribution is 14.1. The predicted molar refractivity (Wildman–Crippen MR) is 144 cm³/mol. The first-order valence-electron chi connectivity index (χ1n) is 10.8. The Bertz CT molecular complexity index is 1400. The second kappa shape index (κ2) is 11.7. The molecule has 0 saturated carbocycles. The van der Waals surface area contributed by atoms with Gasteiger partial charge in [-0.1, -0.05) is 12.1 Å². The van der Waals surface area contributed by atoms with E-state index in [9.17, 15) is 23.2 Å². The van der Waals surface area contributed by atoms with Crippen molar-refractivity contribution in [2.75, 3.05) is 19.0 Å².